The molecule has 0 spiro atoms. The van der Waals surface area contributed by atoms with Crippen LogP contribution in [0.25, 0.3) is 0 Å². The van der Waals surface area contributed by atoms with Gasteiger partial charge < -0.3 is 9.64 Å². The van der Waals surface area contributed by atoms with Crippen molar-refractivity contribution in [2.24, 2.45) is 11.8 Å². The van der Waals surface area contributed by atoms with Gasteiger partial charge in [-0.1, -0.05) is 0 Å². The van der Waals surface area contributed by atoms with Crippen LogP contribution in [-0.2, 0) is 4.74 Å². The molecular weight excluding hydrogens is 178 g/mol. The number of nitrogens with two attached hydrogens (primary N) is 1. The summed E-state index contributed by atoms with van der Waals surface area (Å²) in [5.74, 6) is 6.17. The Morgan fingerprint density at radius 1 is 1.50 bits per heavy atom. The third-order valence-corrected chi connectivity index (χ3v) is 3.53. The fourth-order valence-corrected chi connectivity index (χ4v) is 2.01. The minimum Gasteiger partial charge on any atom is -0.381 e. The molecule has 1 saturated heterocycles. The number of hydrogen-bond acceptors (Lipinski definition) is 4. The molecule has 0 aromatic heterocycles. The molecular formula is C10H23N3O. The molecule has 4 nitrogen and oxygen atoms in total. The fourth-order valence-electron chi connectivity index (χ4n) is 2.01. The molecule has 0 amide bonds. The van der Waals surface area contributed by atoms with Crippen molar-refractivity contribution in [3.05, 3.63) is 0 Å². The predicted octanol–water partition coefficient (Wildman–Crippen LogP) is 0.195. The second kappa shape index (κ2) is 4.57. The summed E-state index contributed by atoms with van der Waals surface area (Å²) in [5.41, 5.74) is 2.99. The van der Waals surface area contributed by atoms with E-state index in [2.05, 4.69) is 38.3 Å². The van der Waals surface area contributed by atoms with Gasteiger partial charge in [0.05, 0.1) is 6.61 Å². The van der Waals surface area contributed by atoms with Gasteiger partial charge in [0.15, 0.2) is 0 Å². The first-order valence-electron chi connectivity index (χ1n) is 5.21. The van der Waals surface area contributed by atoms with E-state index >= 15 is 0 Å². The molecule has 0 aromatic rings. The normalized spacial score (nSPS) is 25.7. The molecule has 0 saturated carbocycles. The number of nitrogens with one attached hydrogen (secondary N) is 1. The Labute approximate surface area is 86.8 Å². The third kappa shape index (κ3) is 2.25. The summed E-state index contributed by atoms with van der Waals surface area (Å²) in [6.07, 6.45) is 1.10. The zero-order valence-corrected chi connectivity index (χ0v) is 9.71. The van der Waals surface area contributed by atoms with Gasteiger partial charge in [-0.2, -0.15) is 0 Å². The molecule has 4 heteroatoms. The maximum Gasteiger partial charge on any atom is 0.0511 e. The molecule has 2 unspecified atom stereocenters. The summed E-state index contributed by atoms with van der Waals surface area (Å²) < 4.78 is 5.40. The van der Waals surface area contributed by atoms with Crippen LogP contribution in [0.5, 0.6) is 0 Å². The molecule has 1 rings (SSSR count). The second-order valence-electron chi connectivity index (χ2n) is 4.82. The number of likely N-dealkylation sites (N-methyl/N-ethyl adjacent to an activating group) is 1. The highest BCUT2D eigenvalue weighted by atomic mass is 16.5. The van der Waals surface area contributed by atoms with Gasteiger partial charge in [0.25, 0.3) is 0 Å². The first-order chi connectivity index (χ1) is 6.50. The van der Waals surface area contributed by atoms with Crippen LogP contribution in [0.4, 0.5) is 0 Å². The Kier molecular flexibility index (Phi) is 3.89. The van der Waals surface area contributed by atoms with E-state index in [1.165, 1.54) is 0 Å². The van der Waals surface area contributed by atoms with E-state index in [-0.39, 0.29) is 11.6 Å². The molecule has 14 heavy (non-hydrogen) atoms. The molecule has 1 aliphatic rings. The lowest BCUT2D eigenvalue weighted by Gasteiger charge is -2.42. The van der Waals surface area contributed by atoms with Crippen molar-refractivity contribution in [2.45, 2.75) is 31.8 Å². The topological polar surface area (TPSA) is 50.5 Å². The van der Waals surface area contributed by atoms with Crippen LogP contribution in [0.2, 0.25) is 0 Å². The maximum atomic E-state index is 5.64. The van der Waals surface area contributed by atoms with Gasteiger partial charge >= 0.3 is 0 Å². The van der Waals surface area contributed by atoms with Crippen molar-refractivity contribution in [2.75, 3.05) is 27.3 Å². The largest absolute Gasteiger partial charge is 0.381 e. The molecule has 1 aliphatic heterocycles. The van der Waals surface area contributed by atoms with Crippen molar-refractivity contribution in [1.82, 2.24) is 10.3 Å². The van der Waals surface area contributed by atoms with Crippen molar-refractivity contribution < 1.29 is 4.74 Å². The Morgan fingerprint density at radius 3 is 2.50 bits per heavy atom. The van der Waals surface area contributed by atoms with Gasteiger partial charge in [-0.25, -0.2) is 0 Å². The van der Waals surface area contributed by atoms with Crippen molar-refractivity contribution in [3.8, 4) is 0 Å². The quantitative estimate of drug-likeness (QED) is 0.504. The second-order valence-corrected chi connectivity index (χ2v) is 4.82. The Balaban J connectivity index is 2.68. The molecule has 1 heterocycles. The Hall–Kier alpha value is -0.160. The molecule has 0 aliphatic carbocycles. The summed E-state index contributed by atoms with van der Waals surface area (Å²) >= 11 is 0. The zero-order chi connectivity index (χ0) is 10.8. The number of nitrogens with zero attached hydrogens (tertiary/aromatic N) is 1. The number of hydrogen-bond donors (Lipinski definition) is 2. The van der Waals surface area contributed by atoms with Gasteiger partial charge in [-0.3, -0.25) is 11.3 Å². The standard InChI is InChI=1S/C10H23N3O/c1-10(2,13(3)4)9(12-11)8-5-6-14-7-8/h8-9,12H,5-7,11H2,1-4H3. The van der Waals surface area contributed by atoms with E-state index in [0.29, 0.717) is 5.92 Å². The number of ether oxygens (including phenoxy) is 1. The molecule has 1 fully saturated rings. The van der Waals surface area contributed by atoms with Gasteiger partial charge in [0, 0.05) is 24.1 Å². The monoisotopic (exact) mass is 201 g/mol. The molecule has 2 atom stereocenters. The van der Waals surface area contributed by atoms with Crippen LogP contribution < -0.4 is 11.3 Å². The van der Waals surface area contributed by atoms with Crippen LogP contribution in [0, 0.1) is 5.92 Å². The van der Waals surface area contributed by atoms with Gasteiger partial charge in [-0.15, -0.1) is 0 Å². The SMILES string of the molecule is CN(C)C(C)(C)C(NN)C1CCOC1. The van der Waals surface area contributed by atoms with Crippen LogP contribution in [-0.4, -0.2) is 43.8 Å². The first kappa shape index (κ1) is 11.9. The highest BCUT2D eigenvalue weighted by molar-refractivity contribution is 4.95. The molecule has 0 aromatic carbocycles. The van der Waals surface area contributed by atoms with E-state index in [1.54, 1.807) is 0 Å². The predicted molar refractivity (Wildman–Crippen MR) is 57.8 cm³/mol. The van der Waals surface area contributed by atoms with Gasteiger partial charge in [0.1, 0.15) is 0 Å². The van der Waals surface area contributed by atoms with Crippen molar-refractivity contribution >= 4 is 0 Å². The third-order valence-electron chi connectivity index (χ3n) is 3.53. The Bertz CT molecular complexity index is 176. The minimum atomic E-state index is 0.0487. The summed E-state index contributed by atoms with van der Waals surface area (Å²) in [7, 11) is 4.17. The highest BCUT2D eigenvalue weighted by Crippen LogP contribution is 2.26. The van der Waals surface area contributed by atoms with E-state index in [9.17, 15) is 0 Å². The average Bonchev–Trinajstić information content (AvgIpc) is 2.57. The molecule has 3 N–H and O–H groups in total. The van der Waals surface area contributed by atoms with Crippen LogP contribution >= 0.6 is 0 Å². The minimum absolute atomic E-state index is 0.0487. The molecule has 0 radical (unpaired) electrons. The van der Waals surface area contributed by atoms with E-state index in [1.807, 2.05) is 0 Å². The van der Waals surface area contributed by atoms with E-state index in [0.717, 1.165) is 19.6 Å². The van der Waals surface area contributed by atoms with Crippen LogP contribution in [0.15, 0.2) is 0 Å². The molecule has 0 bridgehead atoms. The lowest BCUT2D eigenvalue weighted by Crippen LogP contribution is -2.60. The van der Waals surface area contributed by atoms with Gasteiger partial charge in [0.2, 0.25) is 0 Å². The number of rotatable bonds is 4. The van der Waals surface area contributed by atoms with Gasteiger partial charge in [-0.05, 0) is 34.4 Å². The smallest absolute Gasteiger partial charge is 0.0511 e. The first-order valence-corrected chi connectivity index (χ1v) is 5.21. The maximum absolute atomic E-state index is 5.64. The summed E-state index contributed by atoms with van der Waals surface area (Å²) in [5, 5.41) is 0. The average molecular weight is 201 g/mol. The number of hydrazine groups is 1. The van der Waals surface area contributed by atoms with Crippen molar-refractivity contribution in [1.29, 1.82) is 0 Å². The highest BCUT2D eigenvalue weighted by Gasteiger charge is 2.38. The van der Waals surface area contributed by atoms with E-state index in [4.69, 9.17) is 10.6 Å². The fraction of sp³-hybridized carbons (Fsp3) is 1.00. The van der Waals surface area contributed by atoms with Crippen molar-refractivity contribution in [3.63, 3.8) is 0 Å². The van der Waals surface area contributed by atoms with Crippen LogP contribution in [0.3, 0.4) is 0 Å². The summed E-state index contributed by atoms with van der Waals surface area (Å²) in [6, 6.07) is 0.278. The summed E-state index contributed by atoms with van der Waals surface area (Å²) in [6.45, 7) is 6.10. The Morgan fingerprint density at radius 2 is 2.14 bits per heavy atom. The van der Waals surface area contributed by atoms with Crippen LogP contribution in [0.1, 0.15) is 20.3 Å². The lowest BCUT2D eigenvalue weighted by molar-refractivity contribution is 0.0914. The summed E-state index contributed by atoms with van der Waals surface area (Å²) in [4.78, 5) is 2.20. The lowest BCUT2D eigenvalue weighted by atomic mass is 9.83. The molecule has 84 valence electrons. The van der Waals surface area contributed by atoms with E-state index < -0.39 is 0 Å². The zero-order valence-electron chi connectivity index (χ0n) is 9.71.